The zero-order chi connectivity index (χ0) is 14.5. The van der Waals surface area contributed by atoms with Crippen LogP contribution in [0.25, 0.3) is 0 Å². The average Bonchev–Trinajstić information content (AvgIpc) is 2.48. The third-order valence-corrected chi connectivity index (χ3v) is 4.20. The topological polar surface area (TPSA) is 12.0 Å². The van der Waals surface area contributed by atoms with E-state index >= 15 is 0 Å². The Morgan fingerprint density at radius 3 is 2.50 bits per heavy atom. The van der Waals surface area contributed by atoms with E-state index in [4.69, 9.17) is 23.2 Å². The van der Waals surface area contributed by atoms with Gasteiger partial charge in [-0.1, -0.05) is 54.4 Å². The third kappa shape index (κ3) is 3.54. The monoisotopic (exact) mass is 307 g/mol. The molecule has 3 heteroatoms. The molecule has 0 aliphatic carbocycles. The van der Waals surface area contributed by atoms with Gasteiger partial charge in [-0.15, -0.1) is 0 Å². The molecule has 0 aromatic heterocycles. The van der Waals surface area contributed by atoms with Gasteiger partial charge in [0.2, 0.25) is 0 Å². The number of nitrogens with one attached hydrogen (secondary N) is 1. The van der Waals surface area contributed by atoms with Gasteiger partial charge >= 0.3 is 0 Å². The van der Waals surface area contributed by atoms with Gasteiger partial charge in [0.15, 0.2) is 0 Å². The van der Waals surface area contributed by atoms with Gasteiger partial charge in [0, 0.05) is 16.1 Å². The van der Waals surface area contributed by atoms with Crippen LogP contribution in [0, 0.1) is 0 Å². The molecule has 0 aliphatic rings. The first-order valence-corrected chi connectivity index (χ1v) is 7.60. The van der Waals surface area contributed by atoms with Crippen LogP contribution in [-0.4, -0.2) is 7.05 Å². The Morgan fingerprint density at radius 2 is 1.80 bits per heavy atom. The Hall–Kier alpha value is -1.02. The van der Waals surface area contributed by atoms with Gasteiger partial charge in [-0.05, 0) is 54.8 Å². The normalized spacial score (nSPS) is 12.4. The molecular formula is C17H19Cl2N. The fourth-order valence-corrected chi connectivity index (χ4v) is 2.87. The van der Waals surface area contributed by atoms with Crippen molar-refractivity contribution in [3.05, 3.63) is 69.2 Å². The van der Waals surface area contributed by atoms with Gasteiger partial charge in [0.1, 0.15) is 0 Å². The lowest BCUT2D eigenvalue weighted by Gasteiger charge is -2.20. The van der Waals surface area contributed by atoms with E-state index < -0.39 is 0 Å². The summed E-state index contributed by atoms with van der Waals surface area (Å²) in [7, 11) is 1.98. The number of likely N-dealkylation sites (N-methyl/N-ethyl adjacent to an activating group) is 1. The molecule has 0 amide bonds. The molecule has 0 bridgehead atoms. The van der Waals surface area contributed by atoms with Crippen molar-refractivity contribution in [2.24, 2.45) is 0 Å². The van der Waals surface area contributed by atoms with E-state index in [1.807, 2.05) is 25.2 Å². The molecule has 1 nitrogen and oxygen atoms in total. The highest BCUT2D eigenvalue weighted by molar-refractivity contribution is 6.33. The molecular weight excluding hydrogens is 289 g/mol. The Kier molecular flexibility index (Phi) is 5.47. The summed E-state index contributed by atoms with van der Waals surface area (Å²) < 4.78 is 0. The van der Waals surface area contributed by atoms with Crippen LogP contribution in [0.4, 0.5) is 0 Å². The molecule has 0 aliphatic heterocycles. The lowest BCUT2D eigenvalue weighted by atomic mass is 9.94. The number of halogens is 2. The molecule has 0 heterocycles. The van der Waals surface area contributed by atoms with Crippen molar-refractivity contribution in [2.45, 2.75) is 25.8 Å². The zero-order valence-corrected chi connectivity index (χ0v) is 13.3. The van der Waals surface area contributed by atoms with E-state index in [0.29, 0.717) is 0 Å². The molecule has 106 valence electrons. The minimum absolute atomic E-state index is 0.238. The largest absolute Gasteiger partial charge is 0.313 e. The second-order valence-corrected chi connectivity index (χ2v) is 5.68. The van der Waals surface area contributed by atoms with Crippen LogP contribution in [-0.2, 0) is 12.8 Å². The SMILES string of the molecule is CCc1ccccc1C(Cc1cc(Cl)ccc1Cl)NC. The molecule has 0 spiro atoms. The Labute approximate surface area is 130 Å². The van der Waals surface area contributed by atoms with Gasteiger partial charge in [-0.25, -0.2) is 0 Å². The molecule has 2 aromatic carbocycles. The quantitative estimate of drug-likeness (QED) is 0.814. The number of benzene rings is 2. The Morgan fingerprint density at radius 1 is 1.05 bits per heavy atom. The Bertz CT molecular complexity index is 581. The summed E-state index contributed by atoms with van der Waals surface area (Å²) in [4.78, 5) is 0. The lowest BCUT2D eigenvalue weighted by Crippen LogP contribution is -2.20. The van der Waals surface area contributed by atoms with Gasteiger partial charge in [-0.2, -0.15) is 0 Å². The standard InChI is InChI=1S/C17H19Cl2N/c1-3-12-6-4-5-7-15(12)17(20-2)11-13-10-14(18)8-9-16(13)19/h4-10,17,20H,3,11H2,1-2H3. The predicted octanol–water partition coefficient (Wildman–Crippen LogP) is 5.06. The van der Waals surface area contributed by atoms with Crippen LogP contribution in [0.1, 0.15) is 29.7 Å². The predicted molar refractivity (Wildman–Crippen MR) is 87.8 cm³/mol. The summed E-state index contributed by atoms with van der Waals surface area (Å²) in [5, 5.41) is 4.88. The molecule has 0 saturated heterocycles. The van der Waals surface area contributed by atoms with Gasteiger partial charge < -0.3 is 5.32 Å². The maximum absolute atomic E-state index is 6.27. The van der Waals surface area contributed by atoms with E-state index in [1.165, 1.54) is 11.1 Å². The van der Waals surface area contributed by atoms with Gasteiger partial charge in [0.05, 0.1) is 0 Å². The zero-order valence-electron chi connectivity index (χ0n) is 11.8. The average molecular weight is 308 g/mol. The number of hydrogen-bond acceptors (Lipinski definition) is 1. The van der Waals surface area contributed by atoms with Crippen LogP contribution < -0.4 is 5.32 Å². The molecule has 0 fully saturated rings. The molecule has 0 radical (unpaired) electrons. The molecule has 1 unspecified atom stereocenters. The van der Waals surface area contributed by atoms with Crippen LogP contribution in [0.2, 0.25) is 10.0 Å². The highest BCUT2D eigenvalue weighted by Gasteiger charge is 2.15. The second-order valence-electron chi connectivity index (χ2n) is 4.83. The highest BCUT2D eigenvalue weighted by atomic mass is 35.5. The van der Waals surface area contributed by atoms with Crippen molar-refractivity contribution in [1.82, 2.24) is 5.32 Å². The summed E-state index contributed by atoms with van der Waals surface area (Å²) in [6.07, 6.45) is 1.85. The molecule has 20 heavy (non-hydrogen) atoms. The summed E-state index contributed by atoms with van der Waals surface area (Å²) in [5.41, 5.74) is 3.77. The fourth-order valence-electron chi connectivity index (χ4n) is 2.48. The molecule has 2 rings (SSSR count). The minimum atomic E-state index is 0.238. The van der Waals surface area contributed by atoms with E-state index in [2.05, 4.69) is 36.5 Å². The van der Waals surface area contributed by atoms with Crippen molar-refractivity contribution in [3.8, 4) is 0 Å². The first kappa shape index (κ1) is 15.4. The van der Waals surface area contributed by atoms with E-state index in [9.17, 15) is 0 Å². The van der Waals surface area contributed by atoms with Crippen LogP contribution >= 0.6 is 23.2 Å². The van der Waals surface area contributed by atoms with Crippen molar-refractivity contribution >= 4 is 23.2 Å². The molecule has 1 atom stereocenters. The number of hydrogen-bond donors (Lipinski definition) is 1. The molecule has 0 saturated carbocycles. The van der Waals surface area contributed by atoms with Crippen molar-refractivity contribution in [1.29, 1.82) is 0 Å². The smallest absolute Gasteiger partial charge is 0.0439 e. The van der Waals surface area contributed by atoms with E-state index in [0.717, 1.165) is 28.5 Å². The maximum atomic E-state index is 6.27. The summed E-state index contributed by atoms with van der Waals surface area (Å²) >= 11 is 12.3. The maximum Gasteiger partial charge on any atom is 0.0439 e. The summed E-state index contributed by atoms with van der Waals surface area (Å²) in [6, 6.07) is 14.4. The fraction of sp³-hybridized carbons (Fsp3) is 0.294. The van der Waals surface area contributed by atoms with Crippen LogP contribution in [0.15, 0.2) is 42.5 Å². The van der Waals surface area contributed by atoms with E-state index in [-0.39, 0.29) is 6.04 Å². The van der Waals surface area contributed by atoms with Crippen molar-refractivity contribution in [3.63, 3.8) is 0 Å². The first-order valence-electron chi connectivity index (χ1n) is 6.84. The Balaban J connectivity index is 2.31. The van der Waals surface area contributed by atoms with Crippen molar-refractivity contribution < 1.29 is 0 Å². The van der Waals surface area contributed by atoms with Crippen molar-refractivity contribution in [2.75, 3.05) is 7.05 Å². The highest BCUT2D eigenvalue weighted by Crippen LogP contribution is 2.27. The summed E-state index contributed by atoms with van der Waals surface area (Å²) in [6.45, 7) is 2.18. The van der Waals surface area contributed by atoms with E-state index in [1.54, 1.807) is 0 Å². The van der Waals surface area contributed by atoms with Gasteiger partial charge in [-0.3, -0.25) is 0 Å². The number of rotatable bonds is 5. The minimum Gasteiger partial charge on any atom is -0.313 e. The first-order chi connectivity index (χ1) is 9.65. The number of aryl methyl sites for hydroxylation is 1. The van der Waals surface area contributed by atoms with Crippen LogP contribution in [0.5, 0.6) is 0 Å². The molecule has 1 N–H and O–H groups in total. The van der Waals surface area contributed by atoms with Gasteiger partial charge in [0.25, 0.3) is 0 Å². The third-order valence-electron chi connectivity index (χ3n) is 3.59. The lowest BCUT2D eigenvalue weighted by molar-refractivity contribution is 0.587. The van der Waals surface area contributed by atoms with Crippen LogP contribution in [0.3, 0.4) is 0 Å². The second kappa shape index (κ2) is 7.12. The molecule has 2 aromatic rings. The summed E-state index contributed by atoms with van der Waals surface area (Å²) in [5.74, 6) is 0.